The maximum Gasteiger partial charge on any atom is 0.301 e. The predicted molar refractivity (Wildman–Crippen MR) is 78.3 cm³/mol. The molecule has 1 unspecified atom stereocenters. The van der Waals surface area contributed by atoms with E-state index in [0.29, 0.717) is 5.92 Å². The maximum atomic E-state index is 11.0. The van der Waals surface area contributed by atoms with Gasteiger partial charge in [0.1, 0.15) is 5.69 Å². The van der Waals surface area contributed by atoms with Gasteiger partial charge in [0, 0.05) is 6.07 Å². The number of nitro groups is 2. The van der Waals surface area contributed by atoms with E-state index < -0.39 is 9.85 Å². The number of benzene rings is 1. The zero-order chi connectivity index (χ0) is 15.4. The average molecular weight is 290 g/mol. The van der Waals surface area contributed by atoms with Crippen molar-refractivity contribution >= 4 is 22.8 Å². The van der Waals surface area contributed by atoms with E-state index in [2.05, 4.69) is 17.5 Å². The Bertz CT molecular complexity index is 639. The van der Waals surface area contributed by atoms with Crippen LogP contribution in [0.3, 0.4) is 0 Å². The molecule has 1 aliphatic carbocycles. The van der Waals surface area contributed by atoms with Gasteiger partial charge in [-0.2, -0.15) is 5.10 Å². The van der Waals surface area contributed by atoms with Crippen LogP contribution in [-0.4, -0.2) is 15.6 Å². The highest BCUT2D eigenvalue weighted by Crippen LogP contribution is 2.29. The fourth-order valence-corrected chi connectivity index (χ4v) is 2.04. The number of non-ortho nitro benzene ring substituents is 1. The van der Waals surface area contributed by atoms with Crippen molar-refractivity contribution in [3.8, 4) is 0 Å². The van der Waals surface area contributed by atoms with Crippen LogP contribution in [0.5, 0.6) is 0 Å². The third-order valence-electron chi connectivity index (χ3n) is 3.12. The highest BCUT2D eigenvalue weighted by Gasteiger charge is 2.19. The quantitative estimate of drug-likeness (QED) is 0.675. The minimum atomic E-state index is -0.672. The summed E-state index contributed by atoms with van der Waals surface area (Å²) in [6, 6.07) is 3.41. The van der Waals surface area contributed by atoms with E-state index in [1.54, 1.807) is 0 Å². The highest BCUT2D eigenvalue weighted by molar-refractivity contribution is 5.96. The van der Waals surface area contributed by atoms with Crippen molar-refractivity contribution < 1.29 is 9.85 Å². The molecule has 0 radical (unpaired) electrons. The molecule has 1 atom stereocenters. The summed E-state index contributed by atoms with van der Waals surface area (Å²) in [5.74, 6) is 0.474. The van der Waals surface area contributed by atoms with Crippen molar-refractivity contribution in [2.75, 3.05) is 5.43 Å². The van der Waals surface area contributed by atoms with Crippen molar-refractivity contribution in [1.29, 1.82) is 0 Å². The van der Waals surface area contributed by atoms with Crippen LogP contribution in [0.1, 0.15) is 19.8 Å². The first-order valence-corrected chi connectivity index (χ1v) is 6.39. The molecule has 0 saturated carbocycles. The van der Waals surface area contributed by atoms with Crippen molar-refractivity contribution in [2.45, 2.75) is 19.8 Å². The summed E-state index contributed by atoms with van der Waals surface area (Å²) in [4.78, 5) is 20.3. The third-order valence-corrected chi connectivity index (χ3v) is 3.12. The van der Waals surface area contributed by atoms with Crippen molar-refractivity contribution in [3.05, 3.63) is 50.6 Å². The van der Waals surface area contributed by atoms with E-state index in [-0.39, 0.29) is 17.1 Å². The third kappa shape index (κ3) is 3.62. The Morgan fingerprint density at radius 2 is 2.05 bits per heavy atom. The van der Waals surface area contributed by atoms with Crippen molar-refractivity contribution in [1.82, 2.24) is 0 Å². The highest BCUT2D eigenvalue weighted by atomic mass is 16.6. The van der Waals surface area contributed by atoms with Gasteiger partial charge >= 0.3 is 5.69 Å². The Morgan fingerprint density at radius 1 is 1.29 bits per heavy atom. The number of nitro benzene ring substituents is 2. The number of nitrogens with zero attached hydrogens (tertiary/aromatic N) is 3. The Balaban J connectivity index is 2.25. The topological polar surface area (TPSA) is 111 Å². The number of rotatable bonds is 4. The second kappa shape index (κ2) is 6.12. The number of hydrogen-bond donors (Lipinski definition) is 1. The lowest BCUT2D eigenvalue weighted by Gasteiger charge is -2.13. The van der Waals surface area contributed by atoms with E-state index in [1.807, 2.05) is 12.2 Å². The first kappa shape index (κ1) is 14.6. The summed E-state index contributed by atoms with van der Waals surface area (Å²) in [5, 5.41) is 25.8. The standard InChI is InChI=1S/C13H14N4O4/c1-9-3-2-4-10(7-9)14-15-12-6-5-11(16(18)19)8-13(12)17(20)21/h2,4-6,8-9,15H,3,7H2,1H3/b14-10+. The summed E-state index contributed by atoms with van der Waals surface area (Å²) in [6.07, 6.45) is 5.63. The van der Waals surface area contributed by atoms with E-state index in [0.717, 1.165) is 24.6 Å². The molecule has 8 heteroatoms. The molecule has 110 valence electrons. The van der Waals surface area contributed by atoms with Gasteiger partial charge in [0.25, 0.3) is 5.69 Å². The number of allylic oxidation sites excluding steroid dienone is 2. The van der Waals surface area contributed by atoms with Gasteiger partial charge in [-0.05, 0) is 30.9 Å². The summed E-state index contributed by atoms with van der Waals surface area (Å²) in [6.45, 7) is 2.09. The molecular formula is C13H14N4O4. The monoisotopic (exact) mass is 290 g/mol. The summed E-state index contributed by atoms with van der Waals surface area (Å²) in [7, 11) is 0. The molecule has 1 aliphatic rings. The van der Waals surface area contributed by atoms with Crippen LogP contribution in [-0.2, 0) is 0 Å². The molecule has 0 bridgehead atoms. The number of hydrazone groups is 1. The van der Waals surface area contributed by atoms with E-state index >= 15 is 0 Å². The molecule has 1 N–H and O–H groups in total. The minimum Gasteiger partial charge on any atom is -0.271 e. The van der Waals surface area contributed by atoms with Crippen LogP contribution in [0.15, 0.2) is 35.5 Å². The first-order chi connectivity index (χ1) is 9.97. The van der Waals surface area contributed by atoms with Crippen molar-refractivity contribution in [2.24, 2.45) is 11.0 Å². The molecule has 0 aliphatic heterocycles. The molecule has 0 amide bonds. The fraction of sp³-hybridized carbons (Fsp3) is 0.308. The van der Waals surface area contributed by atoms with E-state index in [9.17, 15) is 20.2 Å². The Hall–Kier alpha value is -2.77. The molecule has 2 rings (SSSR count). The number of anilines is 1. The Kier molecular flexibility index (Phi) is 4.27. The van der Waals surface area contributed by atoms with Gasteiger partial charge in [0.15, 0.2) is 0 Å². The summed E-state index contributed by atoms with van der Waals surface area (Å²) >= 11 is 0. The van der Waals surface area contributed by atoms with E-state index in [1.165, 1.54) is 12.1 Å². The minimum absolute atomic E-state index is 0.129. The molecule has 0 saturated heterocycles. The maximum absolute atomic E-state index is 11.0. The Labute approximate surface area is 120 Å². The molecule has 0 heterocycles. The van der Waals surface area contributed by atoms with Crippen LogP contribution < -0.4 is 5.43 Å². The molecule has 1 aromatic rings. The second-order valence-corrected chi connectivity index (χ2v) is 4.88. The number of hydrogen-bond acceptors (Lipinski definition) is 6. The lowest BCUT2D eigenvalue weighted by Crippen LogP contribution is -2.09. The zero-order valence-electron chi connectivity index (χ0n) is 11.4. The van der Waals surface area contributed by atoms with Gasteiger partial charge < -0.3 is 0 Å². The van der Waals surface area contributed by atoms with Crippen molar-refractivity contribution in [3.63, 3.8) is 0 Å². The first-order valence-electron chi connectivity index (χ1n) is 6.39. The largest absolute Gasteiger partial charge is 0.301 e. The van der Waals surface area contributed by atoms with Crippen LogP contribution in [0.4, 0.5) is 17.1 Å². The molecule has 0 spiro atoms. The fourth-order valence-electron chi connectivity index (χ4n) is 2.04. The van der Waals surface area contributed by atoms with Gasteiger partial charge in [-0.3, -0.25) is 25.7 Å². The normalized spacial score (nSPS) is 19.5. The SMILES string of the molecule is CC1CC=C/C(=N\Nc2ccc([N+](=O)[O-])cc2[N+](=O)[O-])C1. The summed E-state index contributed by atoms with van der Waals surface area (Å²) in [5.41, 5.74) is 2.84. The van der Waals surface area contributed by atoms with Crippen LogP contribution in [0, 0.1) is 26.1 Å². The predicted octanol–water partition coefficient (Wildman–Crippen LogP) is 3.26. The van der Waals surface area contributed by atoms with Gasteiger partial charge in [0.05, 0.1) is 21.6 Å². The molecule has 8 nitrogen and oxygen atoms in total. The van der Waals surface area contributed by atoms with Gasteiger partial charge in [-0.15, -0.1) is 0 Å². The number of nitrogens with one attached hydrogen (secondary N) is 1. The molecular weight excluding hydrogens is 276 g/mol. The van der Waals surface area contributed by atoms with Gasteiger partial charge in [-0.25, -0.2) is 0 Å². The lowest BCUT2D eigenvalue weighted by molar-refractivity contribution is -0.393. The average Bonchev–Trinajstić information content (AvgIpc) is 2.44. The Morgan fingerprint density at radius 3 is 2.67 bits per heavy atom. The molecule has 1 aromatic carbocycles. The van der Waals surface area contributed by atoms with Crippen LogP contribution in [0.2, 0.25) is 0 Å². The molecule has 0 aromatic heterocycles. The second-order valence-electron chi connectivity index (χ2n) is 4.88. The zero-order valence-corrected chi connectivity index (χ0v) is 11.4. The van der Waals surface area contributed by atoms with Crippen LogP contribution in [0.25, 0.3) is 0 Å². The lowest BCUT2D eigenvalue weighted by atomic mass is 9.95. The summed E-state index contributed by atoms with van der Waals surface area (Å²) < 4.78 is 0. The van der Waals surface area contributed by atoms with E-state index in [4.69, 9.17) is 0 Å². The molecule has 0 fully saturated rings. The van der Waals surface area contributed by atoms with Gasteiger partial charge in [-0.1, -0.05) is 13.0 Å². The van der Waals surface area contributed by atoms with Crippen LogP contribution >= 0.6 is 0 Å². The molecule has 21 heavy (non-hydrogen) atoms. The van der Waals surface area contributed by atoms with Gasteiger partial charge in [0.2, 0.25) is 0 Å². The smallest absolute Gasteiger partial charge is 0.271 e.